The fraction of sp³-hybridized carbons (Fsp3) is 0.158. The number of hydrogen-bond acceptors (Lipinski definition) is 1. The van der Waals surface area contributed by atoms with Crippen molar-refractivity contribution in [2.45, 2.75) is 38.7 Å². The molecule has 0 saturated carbocycles. The smallest absolute Gasteiger partial charge is 0.426 e. The number of halogens is 8. The van der Waals surface area contributed by atoms with Crippen LogP contribution in [0.15, 0.2) is 103 Å². The van der Waals surface area contributed by atoms with E-state index < -0.39 is 41.0 Å². The molecular formula is C38H28F8O. The minimum absolute atomic E-state index is 0.0337. The third-order valence-corrected chi connectivity index (χ3v) is 7.69. The maximum Gasteiger partial charge on any atom is 0.426 e. The van der Waals surface area contributed by atoms with E-state index in [1.54, 1.807) is 18.2 Å². The van der Waals surface area contributed by atoms with Gasteiger partial charge in [0.25, 0.3) is 6.08 Å². The molecule has 0 radical (unpaired) electrons. The van der Waals surface area contributed by atoms with Gasteiger partial charge < -0.3 is 4.74 Å². The molecule has 0 atom stereocenters. The Balaban J connectivity index is 1.30. The maximum atomic E-state index is 15.2. The molecule has 0 fully saturated rings. The standard InChI is InChI=1S/C38H28F8O/c1-2-3-4-5-23-6-12-28(13-7-23)38(45,46)47-29-14-8-24(9-15-29)25-10-16-30(33(39)18-25)26-11-17-31(34(40)19-26)27-20-35(41)32(22-37(43)44)36(42)21-27/h6-22H,2-5H2,1H3. The van der Waals surface area contributed by atoms with E-state index in [2.05, 4.69) is 6.92 Å². The Bertz CT molecular complexity index is 1870. The number of unbranched alkanes of at least 4 members (excludes halogenated alkanes) is 2. The molecule has 0 saturated heterocycles. The highest BCUT2D eigenvalue weighted by atomic mass is 19.3. The van der Waals surface area contributed by atoms with Crippen LogP contribution in [-0.4, -0.2) is 0 Å². The normalized spacial score (nSPS) is 11.4. The monoisotopic (exact) mass is 652 g/mol. The average molecular weight is 653 g/mol. The van der Waals surface area contributed by atoms with Gasteiger partial charge in [-0.1, -0.05) is 68.3 Å². The molecule has 0 heterocycles. The largest absolute Gasteiger partial charge is 0.429 e. The van der Waals surface area contributed by atoms with Crippen LogP contribution in [0, 0.1) is 23.3 Å². The molecule has 1 nitrogen and oxygen atoms in total. The first-order valence-corrected chi connectivity index (χ1v) is 14.8. The fourth-order valence-corrected chi connectivity index (χ4v) is 5.20. The summed E-state index contributed by atoms with van der Waals surface area (Å²) in [5, 5.41) is 0. The van der Waals surface area contributed by atoms with Crippen molar-refractivity contribution in [2.24, 2.45) is 0 Å². The van der Waals surface area contributed by atoms with Gasteiger partial charge >= 0.3 is 6.11 Å². The van der Waals surface area contributed by atoms with E-state index in [0.29, 0.717) is 11.1 Å². The summed E-state index contributed by atoms with van der Waals surface area (Å²) in [5.41, 5.74) is 0.413. The Morgan fingerprint density at radius 1 is 0.617 bits per heavy atom. The Hall–Kier alpha value is -4.92. The van der Waals surface area contributed by atoms with Gasteiger partial charge in [-0.05, 0) is 89.2 Å². The Kier molecular flexibility index (Phi) is 10.1. The summed E-state index contributed by atoms with van der Waals surface area (Å²) >= 11 is 0. The Morgan fingerprint density at radius 3 is 1.72 bits per heavy atom. The number of alkyl halides is 2. The molecule has 47 heavy (non-hydrogen) atoms. The predicted octanol–water partition coefficient (Wildman–Crippen LogP) is 12.3. The van der Waals surface area contributed by atoms with Crippen LogP contribution in [0.4, 0.5) is 35.1 Å². The second-order valence-corrected chi connectivity index (χ2v) is 11.0. The highest BCUT2D eigenvalue weighted by Gasteiger charge is 2.34. The Morgan fingerprint density at radius 2 is 1.15 bits per heavy atom. The molecule has 0 bridgehead atoms. The minimum atomic E-state index is -3.57. The lowest BCUT2D eigenvalue weighted by molar-refractivity contribution is -0.185. The van der Waals surface area contributed by atoms with Crippen LogP contribution in [0.1, 0.15) is 42.9 Å². The zero-order valence-electron chi connectivity index (χ0n) is 25.1. The number of rotatable bonds is 11. The summed E-state index contributed by atoms with van der Waals surface area (Å²) < 4.78 is 118. The van der Waals surface area contributed by atoms with Crippen LogP contribution in [0.3, 0.4) is 0 Å². The van der Waals surface area contributed by atoms with Gasteiger partial charge in [-0.25, -0.2) is 17.6 Å². The first-order valence-electron chi connectivity index (χ1n) is 14.8. The van der Waals surface area contributed by atoms with Crippen molar-refractivity contribution < 1.29 is 39.9 Å². The molecule has 5 rings (SSSR count). The van der Waals surface area contributed by atoms with Crippen LogP contribution < -0.4 is 4.74 Å². The van der Waals surface area contributed by atoms with Gasteiger partial charge in [0.05, 0.1) is 11.1 Å². The molecule has 0 amide bonds. The van der Waals surface area contributed by atoms with Gasteiger partial charge in [-0.3, -0.25) is 0 Å². The molecule has 0 aliphatic heterocycles. The first-order chi connectivity index (χ1) is 22.4. The first kappa shape index (κ1) is 33.4. The molecule has 5 aromatic rings. The summed E-state index contributed by atoms with van der Waals surface area (Å²) in [7, 11) is 0. The van der Waals surface area contributed by atoms with Crippen LogP contribution in [-0.2, 0) is 12.5 Å². The summed E-state index contributed by atoms with van der Waals surface area (Å²) in [6.45, 7) is 2.09. The van der Waals surface area contributed by atoms with Crippen LogP contribution in [0.5, 0.6) is 5.75 Å². The summed E-state index contributed by atoms with van der Waals surface area (Å²) in [4.78, 5) is 0. The fourth-order valence-electron chi connectivity index (χ4n) is 5.20. The SMILES string of the molecule is CCCCCc1ccc(C(F)(F)Oc2ccc(-c3ccc(-c4ccc(-c5cc(F)c(C=C(F)F)c(F)c5)c(F)c4)c(F)c3)cc2)cc1. The van der Waals surface area contributed by atoms with E-state index in [0.717, 1.165) is 49.4 Å². The topological polar surface area (TPSA) is 9.23 Å². The quantitative estimate of drug-likeness (QED) is 0.102. The molecule has 0 N–H and O–H groups in total. The van der Waals surface area contributed by atoms with E-state index in [-0.39, 0.29) is 39.6 Å². The molecule has 0 aliphatic rings. The molecule has 0 spiro atoms. The molecule has 0 unspecified atom stereocenters. The van der Waals surface area contributed by atoms with Crippen LogP contribution in [0.25, 0.3) is 39.5 Å². The van der Waals surface area contributed by atoms with E-state index in [4.69, 9.17) is 4.74 Å². The molecule has 0 aromatic heterocycles. The number of aryl methyl sites for hydroxylation is 1. The Labute approximate surface area is 266 Å². The molecule has 242 valence electrons. The molecule has 5 aromatic carbocycles. The lowest BCUT2D eigenvalue weighted by Gasteiger charge is -2.19. The molecule has 0 aliphatic carbocycles. The lowest BCUT2D eigenvalue weighted by Crippen LogP contribution is -2.21. The molecule has 9 heteroatoms. The number of hydrogen-bond donors (Lipinski definition) is 0. The van der Waals surface area contributed by atoms with Gasteiger partial charge in [0.15, 0.2) is 0 Å². The summed E-state index contributed by atoms with van der Waals surface area (Å²) in [6, 6.07) is 21.0. The lowest BCUT2D eigenvalue weighted by atomic mass is 9.96. The van der Waals surface area contributed by atoms with Crippen molar-refractivity contribution in [2.75, 3.05) is 0 Å². The van der Waals surface area contributed by atoms with E-state index >= 15 is 8.78 Å². The van der Waals surface area contributed by atoms with Gasteiger partial charge in [0.2, 0.25) is 0 Å². The maximum absolute atomic E-state index is 15.2. The van der Waals surface area contributed by atoms with Crippen molar-refractivity contribution >= 4 is 6.08 Å². The summed E-state index contributed by atoms with van der Waals surface area (Å²) in [5.74, 6) is -4.30. The van der Waals surface area contributed by atoms with E-state index in [9.17, 15) is 26.3 Å². The van der Waals surface area contributed by atoms with E-state index in [1.165, 1.54) is 60.7 Å². The third-order valence-electron chi connectivity index (χ3n) is 7.69. The van der Waals surface area contributed by atoms with Crippen molar-refractivity contribution in [1.82, 2.24) is 0 Å². The predicted molar refractivity (Wildman–Crippen MR) is 167 cm³/mol. The highest BCUT2D eigenvalue weighted by molar-refractivity contribution is 5.75. The average Bonchev–Trinajstić information content (AvgIpc) is 3.03. The number of ether oxygens (including phenoxy) is 1. The summed E-state index contributed by atoms with van der Waals surface area (Å²) in [6.07, 6.45) is -1.87. The van der Waals surface area contributed by atoms with E-state index in [1.807, 2.05) is 0 Å². The molecular weight excluding hydrogens is 624 g/mol. The van der Waals surface area contributed by atoms with Crippen molar-refractivity contribution in [3.8, 4) is 39.1 Å². The van der Waals surface area contributed by atoms with Gasteiger partial charge in [-0.15, -0.1) is 0 Å². The zero-order chi connectivity index (χ0) is 33.7. The van der Waals surface area contributed by atoms with Gasteiger partial charge in [-0.2, -0.15) is 17.6 Å². The van der Waals surface area contributed by atoms with Gasteiger partial charge in [0.1, 0.15) is 29.0 Å². The van der Waals surface area contributed by atoms with Crippen LogP contribution in [0.2, 0.25) is 0 Å². The van der Waals surface area contributed by atoms with Crippen LogP contribution >= 0.6 is 0 Å². The third kappa shape index (κ3) is 7.91. The van der Waals surface area contributed by atoms with Crippen molar-refractivity contribution in [3.05, 3.63) is 143 Å². The second-order valence-electron chi connectivity index (χ2n) is 11.0. The van der Waals surface area contributed by atoms with Gasteiger partial charge in [0, 0.05) is 17.2 Å². The zero-order valence-corrected chi connectivity index (χ0v) is 25.1. The van der Waals surface area contributed by atoms with Crippen molar-refractivity contribution in [1.29, 1.82) is 0 Å². The number of benzene rings is 5. The highest BCUT2D eigenvalue weighted by Crippen LogP contribution is 2.35. The minimum Gasteiger partial charge on any atom is -0.429 e. The second kappa shape index (κ2) is 14.2. The van der Waals surface area contributed by atoms with Crippen molar-refractivity contribution in [3.63, 3.8) is 0 Å².